The molecule has 2 rings (SSSR count). The molecule has 0 bridgehead atoms. The van der Waals surface area contributed by atoms with Gasteiger partial charge in [-0.3, -0.25) is 11.3 Å². The zero-order valence-electron chi connectivity index (χ0n) is 11.7. The minimum absolute atomic E-state index is 0.225. The molecule has 2 atom stereocenters. The monoisotopic (exact) mass is 308 g/mol. The molecule has 0 amide bonds. The van der Waals surface area contributed by atoms with Crippen LogP contribution in [0.4, 0.5) is 4.39 Å². The number of hydrazine groups is 1. The van der Waals surface area contributed by atoms with Crippen molar-refractivity contribution in [2.24, 2.45) is 5.84 Å². The van der Waals surface area contributed by atoms with Crippen molar-refractivity contribution in [3.05, 3.63) is 70.5 Å². The fourth-order valence-corrected chi connectivity index (χ4v) is 2.56. The molecule has 2 unspecified atom stereocenters. The lowest BCUT2D eigenvalue weighted by atomic mass is 9.96. The SMILES string of the molecule is COC(c1ccccc1)C(Cc1cc(F)ccc1Cl)NN. The molecule has 3 N–H and O–H groups in total. The number of rotatable bonds is 6. The highest BCUT2D eigenvalue weighted by Gasteiger charge is 2.23. The number of halogens is 2. The Morgan fingerprint density at radius 3 is 2.57 bits per heavy atom. The van der Waals surface area contributed by atoms with E-state index in [1.54, 1.807) is 13.2 Å². The van der Waals surface area contributed by atoms with Crippen LogP contribution in [0.15, 0.2) is 48.5 Å². The Morgan fingerprint density at radius 1 is 1.24 bits per heavy atom. The number of benzene rings is 2. The van der Waals surface area contributed by atoms with Crippen molar-refractivity contribution in [1.82, 2.24) is 5.43 Å². The Labute approximate surface area is 128 Å². The largest absolute Gasteiger partial charge is 0.375 e. The lowest BCUT2D eigenvalue weighted by Crippen LogP contribution is -2.42. The maximum atomic E-state index is 13.4. The maximum absolute atomic E-state index is 13.4. The Balaban J connectivity index is 2.24. The molecule has 0 aromatic heterocycles. The second kappa shape index (κ2) is 7.52. The minimum Gasteiger partial charge on any atom is -0.375 e. The van der Waals surface area contributed by atoms with E-state index in [9.17, 15) is 4.39 Å². The summed E-state index contributed by atoms with van der Waals surface area (Å²) in [5, 5.41) is 0.513. The highest BCUT2D eigenvalue weighted by atomic mass is 35.5. The Bertz CT molecular complexity index is 580. The third kappa shape index (κ3) is 4.02. The predicted molar refractivity (Wildman–Crippen MR) is 82.4 cm³/mol. The van der Waals surface area contributed by atoms with Crippen LogP contribution in [0.1, 0.15) is 17.2 Å². The van der Waals surface area contributed by atoms with E-state index < -0.39 is 0 Å². The van der Waals surface area contributed by atoms with Crippen LogP contribution in [-0.2, 0) is 11.2 Å². The molecular weight excluding hydrogens is 291 g/mol. The zero-order valence-corrected chi connectivity index (χ0v) is 12.5. The number of hydrogen-bond acceptors (Lipinski definition) is 3. The van der Waals surface area contributed by atoms with Gasteiger partial charge in [-0.1, -0.05) is 41.9 Å². The summed E-state index contributed by atoms with van der Waals surface area (Å²) < 4.78 is 18.9. The van der Waals surface area contributed by atoms with Crippen molar-refractivity contribution in [1.29, 1.82) is 0 Å². The second-order valence-corrected chi connectivity index (χ2v) is 5.19. The highest BCUT2D eigenvalue weighted by molar-refractivity contribution is 6.31. The summed E-state index contributed by atoms with van der Waals surface area (Å²) in [5.41, 5.74) is 4.43. The van der Waals surface area contributed by atoms with Crippen LogP contribution in [0.3, 0.4) is 0 Å². The van der Waals surface area contributed by atoms with Gasteiger partial charge in [-0.2, -0.15) is 0 Å². The molecule has 0 saturated heterocycles. The topological polar surface area (TPSA) is 47.3 Å². The van der Waals surface area contributed by atoms with Crippen molar-refractivity contribution in [2.45, 2.75) is 18.6 Å². The summed E-state index contributed by atoms with van der Waals surface area (Å²) in [5.74, 6) is 5.34. The quantitative estimate of drug-likeness (QED) is 0.636. The molecular formula is C16H18ClFN2O. The van der Waals surface area contributed by atoms with Gasteiger partial charge >= 0.3 is 0 Å². The van der Waals surface area contributed by atoms with E-state index in [2.05, 4.69) is 5.43 Å². The van der Waals surface area contributed by atoms with Crippen molar-refractivity contribution < 1.29 is 9.13 Å². The van der Waals surface area contributed by atoms with Crippen LogP contribution < -0.4 is 11.3 Å². The summed E-state index contributed by atoms with van der Waals surface area (Å²) in [4.78, 5) is 0. The van der Waals surface area contributed by atoms with Gasteiger partial charge in [0.15, 0.2) is 0 Å². The Kier molecular flexibility index (Phi) is 5.70. The molecule has 0 fully saturated rings. The molecule has 0 aliphatic carbocycles. The summed E-state index contributed by atoms with van der Waals surface area (Å²) in [6.45, 7) is 0. The van der Waals surface area contributed by atoms with Gasteiger partial charge in [-0.25, -0.2) is 4.39 Å². The molecule has 2 aromatic carbocycles. The van der Waals surface area contributed by atoms with E-state index in [1.165, 1.54) is 12.1 Å². The zero-order chi connectivity index (χ0) is 15.2. The van der Waals surface area contributed by atoms with E-state index in [0.717, 1.165) is 5.56 Å². The second-order valence-electron chi connectivity index (χ2n) is 4.78. The van der Waals surface area contributed by atoms with E-state index in [4.69, 9.17) is 22.2 Å². The van der Waals surface area contributed by atoms with Gasteiger partial charge in [0.25, 0.3) is 0 Å². The number of hydrogen-bond donors (Lipinski definition) is 2. The molecule has 3 nitrogen and oxygen atoms in total. The first-order valence-electron chi connectivity index (χ1n) is 6.63. The molecule has 21 heavy (non-hydrogen) atoms. The van der Waals surface area contributed by atoms with Gasteiger partial charge in [0.05, 0.1) is 12.1 Å². The van der Waals surface area contributed by atoms with Crippen LogP contribution in [-0.4, -0.2) is 13.2 Å². The molecule has 0 radical (unpaired) electrons. The Morgan fingerprint density at radius 2 is 1.95 bits per heavy atom. The highest BCUT2D eigenvalue weighted by Crippen LogP contribution is 2.25. The van der Waals surface area contributed by atoms with Crippen LogP contribution >= 0.6 is 11.6 Å². The summed E-state index contributed by atoms with van der Waals surface area (Å²) in [6.07, 6.45) is 0.205. The van der Waals surface area contributed by atoms with E-state index in [1.807, 2.05) is 30.3 Å². The molecule has 0 heterocycles. The van der Waals surface area contributed by atoms with Gasteiger partial charge < -0.3 is 4.74 Å². The van der Waals surface area contributed by atoms with Crippen molar-refractivity contribution in [3.63, 3.8) is 0 Å². The molecule has 2 aromatic rings. The van der Waals surface area contributed by atoms with Gasteiger partial charge in [-0.05, 0) is 35.7 Å². The van der Waals surface area contributed by atoms with Crippen molar-refractivity contribution >= 4 is 11.6 Å². The smallest absolute Gasteiger partial charge is 0.123 e. The average molecular weight is 309 g/mol. The molecule has 0 saturated carbocycles. The maximum Gasteiger partial charge on any atom is 0.123 e. The molecule has 0 aliphatic rings. The molecule has 0 spiro atoms. The molecule has 5 heteroatoms. The molecule has 0 aliphatic heterocycles. The van der Waals surface area contributed by atoms with Gasteiger partial charge in [-0.15, -0.1) is 0 Å². The van der Waals surface area contributed by atoms with Gasteiger partial charge in [0, 0.05) is 12.1 Å². The van der Waals surface area contributed by atoms with Crippen LogP contribution in [0.25, 0.3) is 0 Å². The van der Waals surface area contributed by atoms with Crippen LogP contribution in [0.5, 0.6) is 0 Å². The van der Waals surface area contributed by atoms with Gasteiger partial charge in [0.2, 0.25) is 0 Å². The standard InChI is InChI=1S/C16H18ClFN2O/c1-21-16(11-5-3-2-4-6-11)15(20-19)10-12-9-13(18)7-8-14(12)17/h2-9,15-16,20H,10,19H2,1H3. The predicted octanol–water partition coefficient (Wildman–Crippen LogP) is 3.24. The lowest BCUT2D eigenvalue weighted by Gasteiger charge is -2.26. The average Bonchev–Trinajstić information content (AvgIpc) is 2.51. The van der Waals surface area contributed by atoms with Crippen LogP contribution in [0, 0.1) is 5.82 Å². The first-order chi connectivity index (χ1) is 10.2. The third-order valence-electron chi connectivity index (χ3n) is 3.41. The number of ether oxygens (including phenoxy) is 1. The number of methoxy groups -OCH3 is 1. The summed E-state index contributed by atoms with van der Waals surface area (Å²) in [6, 6.07) is 13.8. The first kappa shape index (κ1) is 15.9. The number of nitrogens with two attached hydrogens (primary N) is 1. The van der Waals surface area contributed by atoms with E-state index in [0.29, 0.717) is 17.0 Å². The van der Waals surface area contributed by atoms with Crippen LogP contribution in [0.2, 0.25) is 5.02 Å². The van der Waals surface area contributed by atoms with E-state index >= 15 is 0 Å². The van der Waals surface area contributed by atoms with Crippen molar-refractivity contribution in [2.75, 3.05) is 7.11 Å². The number of nitrogens with one attached hydrogen (secondary N) is 1. The van der Waals surface area contributed by atoms with Crippen molar-refractivity contribution in [3.8, 4) is 0 Å². The summed E-state index contributed by atoms with van der Waals surface area (Å²) >= 11 is 6.12. The molecule has 112 valence electrons. The fraction of sp³-hybridized carbons (Fsp3) is 0.250. The summed E-state index contributed by atoms with van der Waals surface area (Å²) in [7, 11) is 1.62. The fourth-order valence-electron chi connectivity index (χ4n) is 2.37. The Hall–Kier alpha value is -1.46. The lowest BCUT2D eigenvalue weighted by molar-refractivity contribution is 0.0678. The van der Waals surface area contributed by atoms with Gasteiger partial charge in [0.1, 0.15) is 5.82 Å². The third-order valence-corrected chi connectivity index (χ3v) is 3.78. The first-order valence-corrected chi connectivity index (χ1v) is 7.01. The van der Waals surface area contributed by atoms with E-state index in [-0.39, 0.29) is 18.0 Å². The normalized spacial score (nSPS) is 13.9. The minimum atomic E-state index is -0.321.